The normalized spacial score (nSPS) is 12.5. The Morgan fingerprint density at radius 2 is 2.00 bits per heavy atom. The number of aliphatic hydroxyl groups excluding tert-OH is 1. The van der Waals surface area contributed by atoms with Crippen molar-refractivity contribution in [2.75, 3.05) is 0 Å². The summed E-state index contributed by atoms with van der Waals surface area (Å²) in [5.74, 6) is -8.91. The van der Waals surface area contributed by atoms with Crippen LogP contribution in [0.1, 0.15) is 41.4 Å². The third-order valence-electron chi connectivity index (χ3n) is 4.89. The maximum absolute atomic E-state index is 14.6. The number of rotatable bonds is 7. The van der Waals surface area contributed by atoms with E-state index in [1.54, 1.807) is 0 Å². The maximum Gasteiger partial charge on any atom is 0.352 e. The minimum Gasteiger partial charge on any atom is -0.446 e. The highest BCUT2D eigenvalue weighted by atomic mass is 35.5. The Labute approximate surface area is 203 Å². The van der Waals surface area contributed by atoms with Gasteiger partial charge in [-0.3, -0.25) is 14.2 Å². The lowest BCUT2D eigenvalue weighted by Crippen LogP contribution is -2.33. The van der Waals surface area contributed by atoms with Gasteiger partial charge in [-0.25, -0.2) is 23.1 Å². The number of aromatic nitrogens is 4. The molecule has 0 saturated carbocycles. The van der Waals surface area contributed by atoms with E-state index in [0.717, 1.165) is 12.1 Å². The standard InChI is InChI=1S/C21H15ClF5N5O4/c1-8-12(18(34)31-17(30-8)9(2)33)6-32-7-29-16(21(26,27)20(24)25)15(19(32)35)36-13-4-11(22)3-10(5-28)14(13)23/h3-4,7,9,20,33H,6H2,1-2H3,(H,30,31,34). The van der Waals surface area contributed by atoms with Crippen LogP contribution >= 0.6 is 11.6 Å². The molecule has 1 atom stereocenters. The first-order valence-corrected chi connectivity index (χ1v) is 10.3. The van der Waals surface area contributed by atoms with Gasteiger partial charge in [-0.1, -0.05) is 11.6 Å². The highest BCUT2D eigenvalue weighted by Gasteiger charge is 2.48. The van der Waals surface area contributed by atoms with Crippen LogP contribution in [0.3, 0.4) is 0 Å². The van der Waals surface area contributed by atoms with Crippen LogP contribution in [0, 0.1) is 24.1 Å². The van der Waals surface area contributed by atoms with E-state index in [-0.39, 0.29) is 22.1 Å². The van der Waals surface area contributed by atoms with E-state index in [0.29, 0.717) is 10.9 Å². The second kappa shape index (κ2) is 10.0. The van der Waals surface area contributed by atoms with E-state index < -0.39 is 64.7 Å². The number of aryl methyl sites for hydroxylation is 1. The lowest BCUT2D eigenvalue weighted by Gasteiger charge is -2.19. The Morgan fingerprint density at radius 1 is 1.33 bits per heavy atom. The topological polar surface area (TPSA) is 134 Å². The average molecular weight is 532 g/mol. The van der Waals surface area contributed by atoms with Crippen LogP contribution in [0.25, 0.3) is 0 Å². The lowest BCUT2D eigenvalue weighted by molar-refractivity contribution is -0.139. The summed E-state index contributed by atoms with van der Waals surface area (Å²) < 4.78 is 74.8. The van der Waals surface area contributed by atoms with Crippen LogP contribution in [0.15, 0.2) is 28.0 Å². The van der Waals surface area contributed by atoms with Crippen molar-refractivity contribution in [2.24, 2.45) is 0 Å². The predicted molar refractivity (Wildman–Crippen MR) is 114 cm³/mol. The van der Waals surface area contributed by atoms with E-state index in [1.165, 1.54) is 19.9 Å². The van der Waals surface area contributed by atoms with E-state index in [9.17, 15) is 36.6 Å². The molecule has 0 aliphatic heterocycles. The summed E-state index contributed by atoms with van der Waals surface area (Å²) >= 11 is 5.77. The molecule has 0 radical (unpaired) electrons. The molecule has 3 rings (SSSR count). The number of alkyl halides is 4. The summed E-state index contributed by atoms with van der Waals surface area (Å²) in [5, 5.41) is 18.3. The Balaban J connectivity index is 2.21. The number of ether oxygens (including phenoxy) is 1. The van der Waals surface area contributed by atoms with Gasteiger partial charge in [-0.2, -0.15) is 14.0 Å². The summed E-state index contributed by atoms with van der Waals surface area (Å²) in [6, 6.07) is 3.07. The van der Waals surface area contributed by atoms with Crippen molar-refractivity contribution >= 4 is 11.6 Å². The molecular formula is C21H15ClF5N5O4. The summed E-state index contributed by atoms with van der Waals surface area (Å²) in [5.41, 5.74) is -4.82. The molecule has 1 aromatic carbocycles. The van der Waals surface area contributed by atoms with Crippen molar-refractivity contribution in [3.05, 3.63) is 78.3 Å². The van der Waals surface area contributed by atoms with Gasteiger partial charge in [0.15, 0.2) is 17.3 Å². The second-order valence-electron chi connectivity index (χ2n) is 7.45. The Bertz CT molecular complexity index is 1480. The predicted octanol–water partition coefficient (Wildman–Crippen LogP) is 3.55. The molecular weight excluding hydrogens is 517 g/mol. The van der Waals surface area contributed by atoms with Gasteiger partial charge in [0.25, 0.3) is 11.1 Å². The fourth-order valence-corrected chi connectivity index (χ4v) is 3.24. The van der Waals surface area contributed by atoms with Gasteiger partial charge in [0.2, 0.25) is 5.75 Å². The fraction of sp³-hybridized carbons (Fsp3) is 0.286. The monoisotopic (exact) mass is 531 g/mol. The molecule has 0 aliphatic carbocycles. The van der Waals surface area contributed by atoms with Crippen molar-refractivity contribution in [1.29, 1.82) is 5.26 Å². The minimum atomic E-state index is -4.99. The van der Waals surface area contributed by atoms with Crippen LogP contribution in [0.4, 0.5) is 22.0 Å². The molecule has 2 aromatic heterocycles. The zero-order valence-corrected chi connectivity index (χ0v) is 19.1. The number of hydrogen-bond donors (Lipinski definition) is 2. The van der Waals surface area contributed by atoms with Crippen LogP contribution in [0.5, 0.6) is 11.5 Å². The third kappa shape index (κ3) is 5.07. The number of aromatic amines is 1. The number of H-pyrrole nitrogens is 1. The van der Waals surface area contributed by atoms with Gasteiger partial charge in [0.1, 0.15) is 18.0 Å². The fourth-order valence-electron chi connectivity index (χ4n) is 3.03. The highest BCUT2D eigenvalue weighted by Crippen LogP contribution is 2.39. The molecule has 3 aromatic rings. The van der Waals surface area contributed by atoms with Crippen LogP contribution in [0.2, 0.25) is 5.02 Å². The number of nitriles is 1. The van der Waals surface area contributed by atoms with Crippen LogP contribution in [-0.2, 0) is 12.5 Å². The first kappa shape index (κ1) is 26.8. The van der Waals surface area contributed by atoms with Crippen LogP contribution < -0.4 is 15.9 Å². The minimum absolute atomic E-state index is 0.0607. The molecule has 0 amide bonds. The van der Waals surface area contributed by atoms with Gasteiger partial charge in [0, 0.05) is 16.8 Å². The quantitative estimate of drug-likeness (QED) is 0.445. The summed E-state index contributed by atoms with van der Waals surface area (Å²) in [6.07, 6.45) is -4.96. The smallest absolute Gasteiger partial charge is 0.352 e. The number of benzene rings is 1. The summed E-state index contributed by atoms with van der Waals surface area (Å²) in [7, 11) is 0. The molecule has 2 heterocycles. The van der Waals surface area contributed by atoms with Gasteiger partial charge < -0.3 is 14.8 Å². The number of nitrogens with zero attached hydrogens (tertiary/aromatic N) is 4. The molecule has 0 fully saturated rings. The SMILES string of the molecule is Cc1nc(C(C)O)[nH]c(=O)c1Cn1cnc(C(F)(F)C(F)F)c(Oc2cc(Cl)cc(C#N)c2F)c1=O. The van der Waals surface area contributed by atoms with E-state index in [4.69, 9.17) is 21.6 Å². The Hall–Kier alpha value is -3.83. The number of hydrogen-bond acceptors (Lipinski definition) is 7. The maximum atomic E-state index is 14.6. The number of nitrogens with one attached hydrogen (secondary N) is 1. The first-order valence-electron chi connectivity index (χ1n) is 9.88. The van der Waals surface area contributed by atoms with Crippen LogP contribution in [-0.4, -0.2) is 31.1 Å². The molecule has 0 aliphatic rings. The Kier molecular flexibility index (Phi) is 7.46. The van der Waals surface area contributed by atoms with Crippen molar-refractivity contribution in [3.63, 3.8) is 0 Å². The first-order chi connectivity index (χ1) is 16.8. The van der Waals surface area contributed by atoms with Gasteiger partial charge >= 0.3 is 12.3 Å². The summed E-state index contributed by atoms with van der Waals surface area (Å²) in [4.78, 5) is 35.0. The largest absolute Gasteiger partial charge is 0.446 e. The molecule has 36 heavy (non-hydrogen) atoms. The number of aliphatic hydroxyl groups is 1. The summed E-state index contributed by atoms with van der Waals surface area (Å²) in [6.45, 7) is 2.08. The molecule has 1 unspecified atom stereocenters. The zero-order chi connectivity index (χ0) is 26.9. The van der Waals surface area contributed by atoms with E-state index in [2.05, 4.69) is 15.0 Å². The van der Waals surface area contributed by atoms with E-state index >= 15 is 0 Å². The second-order valence-corrected chi connectivity index (χ2v) is 7.89. The van der Waals surface area contributed by atoms with Gasteiger partial charge in [-0.15, -0.1) is 0 Å². The third-order valence-corrected chi connectivity index (χ3v) is 5.11. The highest BCUT2D eigenvalue weighted by molar-refractivity contribution is 6.30. The van der Waals surface area contributed by atoms with Gasteiger partial charge in [-0.05, 0) is 19.9 Å². The van der Waals surface area contributed by atoms with Crippen molar-refractivity contribution < 1.29 is 31.8 Å². The molecule has 190 valence electrons. The molecule has 0 spiro atoms. The molecule has 9 nitrogen and oxygen atoms in total. The zero-order valence-electron chi connectivity index (χ0n) is 18.3. The number of halogens is 6. The molecule has 15 heteroatoms. The Morgan fingerprint density at radius 3 is 2.56 bits per heavy atom. The lowest BCUT2D eigenvalue weighted by atomic mass is 10.2. The van der Waals surface area contributed by atoms with Gasteiger partial charge in [0.05, 0.1) is 24.0 Å². The molecule has 2 N–H and O–H groups in total. The average Bonchev–Trinajstić information content (AvgIpc) is 2.79. The van der Waals surface area contributed by atoms with E-state index in [1.807, 2.05) is 0 Å². The van der Waals surface area contributed by atoms with Crippen molar-refractivity contribution in [2.45, 2.75) is 38.8 Å². The molecule has 0 saturated heterocycles. The van der Waals surface area contributed by atoms with Crippen molar-refractivity contribution in [1.82, 2.24) is 19.5 Å². The van der Waals surface area contributed by atoms with Crippen molar-refractivity contribution in [3.8, 4) is 17.6 Å². The molecule has 0 bridgehead atoms.